The summed E-state index contributed by atoms with van der Waals surface area (Å²) in [6, 6.07) is 7.10. The van der Waals surface area contributed by atoms with E-state index in [4.69, 9.17) is 20.8 Å². The summed E-state index contributed by atoms with van der Waals surface area (Å²) >= 11 is 5.97. The van der Waals surface area contributed by atoms with Gasteiger partial charge in [-0.15, -0.1) is 0 Å². The molecule has 0 spiro atoms. The van der Waals surface area contributed by atoms with Crippen molar-refractivity contribution in [3.63, 3.8) is 0 Å². The summed E-state index contributed by atoms with van der Waals surface area (Å²) in [6.45, 7) is 2.61. The number of para-hydroxylation sites is 1. The van der Waals surface area contributed by atoms with Gasteiger partial charge in [-0.1, -0.05) is 30.7 Å². The molecule has 0 saturated carbocycles. The fourth-order valence-corrected chi connectivity index (χ4v) is 1.77. The third-order valence-corrected chi connectivity index (χ3v) is 2.65. The van der Waals surface area contributed by atoms with Crippen molar-refractivity contribution in [2.24, 2.45) is 0 Å². The van der Waals surface area contributed by atoms with Gasteiger partial charge >= 0.3 is 0 Å². The van der Waals surface area contributed by atoms with Gasteiger partial charge in [0.15, 0.2) is 11.3 Å². The highest BCUT2D eigenvalue weighted by Gasteiger charge is 2.13. The zero-order valence-electron chi connectivity index (χ0n) is 9.53. The van der Waals surface area contributed by atoms with Crippen molar-refractivity contribution in [2.45, 2.75) is 13.3 Å². The molecule has 1 aromatic heterocycles. The number of fused-ring (bicyclic) bond motifs is 1. The molecule has 1 heterocycles. The topological polar surface area (TPSA) is 39.4 Å². The van der Waals surface area contributed by atoms with Gasteiger partial charge in [0.2, 0.25) is 5.78 Å². The Balaban J connectivity index is 2.19. The number of Topliss-reactive ketones (excluding diaryl/α,β-unsaturated/α-hetero) is 1. The van der Waals surface area contributed by atoms with Crippen LogP contribution in [0.2, 0.25) is 5.02 Å². The van der Waals surface area contributed by atoms with Gasteiger partial charge < -0.3 is 9.15 Å². The van der Waals surface area contributed by atoms with E-state index >= 15 is 0 Å². The fourth-order valence-electron chi connectivity index (χ4n) is 1.55. The number of furan rings is 1. The molecule has 90 valence electrons. The SMILES string of the molecule is CCCOCC(=O)c1cc2cccc(Cl)c2o1. The van der Waals surface area contributed by atoms with Gasteiger partial charge in [-0.3, -0.25) is 4.79 Å². The molecule has 4 heteroatoms. The molecule has 0 amide bonds. The fraction of sp³-hybridized carbons (Fsp3) is 0.308. The highest BCUT2D eigenvalue weighted by molar-refractivity contribution is 6.34. The molecule has 0 N–H and O–H groups in total. The van der Waals surface area contributed by atoms with Crippen LogP contribution in [0.3, 0.4) is 0 Å². The molecule has 0 atom stereocenters. The average Bonchev–Trinajstić information content (AvgIpc) is 2.75. The Kier molecular flexibility index (Phi) is 3.82. The highest BCUT2D eigenvalue weighted by Crippen LogP contribution is 2.26. The second-order valence-electron chi connectivity index (χ2n) is 3.74. The lowest BCUT2D eigenvalue weighted by atomic mass is 10.2. The molecule has 0 aliphatic carbocycles. The summed E-state index contributed by atoms with van der Waals surface area (Å²) in [7, 11) is 0. The largest absolute Gasteiger partial charge is 0.451 e. The van der Waals surface area contributed by atoms with E-state index in [1.54, 1.807) is 12.1 Å². The number of carbonyl (C=O) groups excluding carboxylic acids is 1. The molecule has 1 aromatic carbocycles. The Bertz CT molecular complexity index is 530. The van der Waals surface area contributed by atoms with Crippen LogP contribution in [0.5, 0.6) is 0 Å². The molecule has 0 saturated heterocycles. The molecule has 0 unspecified atom stereocenters. The van der Waals surface area contributed by atoms with Crippen LogP contribution in [0.1, 0.15) is 23.9 Å². The van der Waals surface area contributed by atoms with Crippen LogP contribution in [-0.4, -0.2) is 19.0 Å². The lowest BCUT2D eigenvalue weighted by Crippen LogP contribution is -2.08. The molecule has 3 nitrogen and oxygen atoms in total. The number of ketones is 1. The van der Waals surface area contributed by atoms with Crippen molar-refractivity contribution in [2.75, 3.05) is 13.2 Å². The molecular weight excluding hydrogens is 240 g/mol. The molecule has 2 aromatic rings. The quantitative estimate of drug-likeness (QED) is 0.602. The van der Waals surface area contributed by atoms with E-state index in [9.17, 15) is 4.79 Å². The number of carbonyl (C=O) groups is 1. The summed E-state index contributed by atoms with van der Waals surface area (Å²) in [4.78, 5) is 11.7. The van der Waals surface area contributed by atoms with Crippen molar-refractivity contribution in [3.05, 3.63) is 35.0 Å². The molecule has 0 radical (unpaired) electrons. The Labute approximate surface area is 104 Å². The van der Waals surface area contributed by atoms with Gasteiger partial charge in [0.1, 0.15) is 6.61 Å². The van der Waals surface area contributed by atoms with E-state index in [1.165, 1.54) is 0 Å². The standard InChI is InChI=1S/C13H13ClO3/c1-2-6-16-8-11(15)12-7-9-4-3-5-10(14)13(9)17-12/h3-5,7H,2,6,8H2,1H3. The van der Waals surface area contributed by atoms with E-state index in [2.05, 4.69) is 0 Å². The maximum absolute atomic E-state index is 11.7. The molecule has 0 aliphatic rings. The summed E-state index contributed by atoms with van der Waals surface area (Å²) < 4.78 is 10.6. The summed E-state index contributed by atoms with van der Waals surface area (Å²) in [5, 5.41) is 1.34. The smallest absolute Gasteiger partial charge is 0.223 e. The molecule has 2 rings (SSSR count). The first kappa shape index (κ1) is 12.1. The molecule has 17 heavy (non-hydrogen) atoms. The van der Waals surface area contributed by atoms with Gasteiger partial charge in [-0.25, -0.2) is 0 Å². The third-order valence-electron chi connectivity index (χ3n) is 2.35. The predicted molar refractivity (Wildman–Crippen MR) is 66.7 cm³/mol. The van der Waals surface area contributed by atoms with Gasteiger partial charge in [0.05, 0.1) is 5.02 Å². The van der Waals surface area contributed by atoms with Crippen LogP contribution in [0.25, 0.3) is 11.0 Å². The minimum Gasteiger partial charge on any atom is -0.451 e. The van der Waals surface area contributed by atoms with Crippen LogP contribution >= 0.6 is 11.6 Å². The van der Waals surface area contributed by atoms with Crippen molar-refractivity contribution in [1.82, 2.24) is 0 Å². The minimum atomic E-state index is -0.161. The van der Waals surface area contributed by atoms with Crippen LogP contribution in [0.4, 0.5) is 0 Å². The van der Waals surface area contributed by atoms with Crippen LogP contribution < -0.4 is 0 Å². The first-order valence-corrected chi connectivity index (χ1v) is 5.89. The molecule has 0 bridgehead atoms. The lowest BCUT2D eigenvalue weighted by molar-refractivity contribution is 0.0736. The van der Waals surface area contributed by atoms with Gasteiger partial charge in [-0.2, -0.15) is 0 Å². The second-order valence-corrected chi connectivity index (χ2v) is 4.15. The maximum atomic E-state index is 11.7. The maximum Gasteiger partial charge on any atom is 0.223 e. The highest BCUT2D eigenvalue weighted by atomic mass is 35.5. The van der Waals surface area contributed by atoms with E-state index in [-0.39, 0.29) is 12.4 Å². The van der Waals surface area contributed by atoms with E-state index in [0.717, 1.165) is 11.8 Å². The second kappa shape index (κ2) is 5.34. The van der Waals surface area contributed by atoms with Gasteiger partial charge in [-0.05, 0) is 18.6 Å². The van der Waals surface area contributed by atoms with Crippen molar-refractivity contribution < 1.29 is 13.9 Å². The average molecular weight is 253 g/mol. The van der Waals surface area contributed by atoms with Crippen molar-refractivity contribution >= 4 is 28.4 Å². The molecule has 0 fully saturated rings. The molecular formula is C13H13ClO3. The van der Waals surface area contributed by atoms with Crippen LogP contribution in [0.15, 0.2) is 28.7 Å². The normalized spacial score (nSPS) is 10.9. The Hall–Kier alpha value is -1.32. The number of ether oxygens (including phenoxy) is 1. The first-order chi connectivity index (χ1) is 8.22. The van der Waals surface area contributed by atoms with Crippen LogP contribution in [0, 0.1) is 0 Å². The number of hydrogen-bond donors (Lipinski definition) is 0. The zero-order valence-corrected chi connectivity index (χ0v) is 10.3. The zero-order chi connectivity index (χ0) is 12.3. The number of benzene rings is 1. The Morgan fingerprint density at radius 3 is 3.00 bits per heavy atom. The monoisotopic (exact) mass is 252 g/mol. The summed E-state index contributed by atoms with van der Waals surface area (Å²) in [5.74, 6) is 0.134. The van der Waals surface area contributed by atoms with Crippen molar-refractivity contribution in [3.8, 4) is 0 Å². The lowest BCUT2D eigenvalue weighted by Gasteiger charge is -1.98. The van der Waals surface area contributed by atoms with Gasteiger partial charge in [0.25, 0.3) is 0 Å². The first-order valence-electron chi connectivity index (χ1n) is 5.51. The van der Waals surface area contributed by atoms with Crippen LogP contribution in [-0.2, 0) is 4.74 Å². The number of rotatable bonds is 5. The van der Waals surface area contributed by atoms with E-state index < -0.39 is 0 Å². The van der Waals surface area contributed by atoms with E-state index in [0.29, 0.717) is 23.0 Å². The summed E-state index contributed by atoms with van der Waals surface area (Å²) in [6.07, 6.45) is 0.888. The third kappa shape index (κ3) is 2.68. The van der Waals surface area contributed by atoms with E-state index in [1.807, 2.05) is 19.1 Å². The Morgan fingerprint density at radius 2 is 2.29 bits per heavy atom. The predicted octanol–water partition coefficient (Wildman–Crippen LogP) is 3.70. The minimum absolute atomic E-state index is 0.0469. The van der Waals surface area contributed by atoms with Crippen molar-refractivity contribution in [1.29, 1.82) is 0 Å². The Morgan fingerprint density at radius 1 is 1.47 bits per heavy atom. The summed E-state index contributed by atoms with van der Waals surface area (Å²) in [5.41, 5.74) is 0.549. The number of hydrogen-bond acceptors (Lipinski definition) is 3. The van der Waals surface area contributed by atoms with Gasteiger partial charge in [0, 0.05) is 12.0 Å². The number of halogens is 1. The molecule has 0 aliphatic heterocycles.